The van der Waals surface area contributed by atoms with E-state index in [1.165, 1.54) is 161 Å². The van der Waals surface area contributed by atoms with Gasteiger partial charge in [0.05, 0.1) is 0 Å². The molecule has 0 aromatic carbocycles. The van der Waals surface area contributed by atoms with Gasteiger partial charge in [0.2, 0.25) is 0 Å². The molecule has 0 amide bonds. The third kappa shape index (κ3) is 64.9. The third-order valence-corrected chi connectivity index (χ3v) is 14.5. The molecule has 0 aromatic heterocycles. The highest BCUT2D eigenvalue weighted by Crippen LogP contribution is 2.16. The summed E-state index contributed by atoms with van der Waals surface area (Å²) in [5.74, 6) is -0.898. The monoisotopic (exact) mass is 1110 g/mol. The number of hydrogen-bond donors (Lipinski definition) is 0. The second-order valence-electron chi connectivity index (χ2n) is 22.3. The summed E-state index contributed by atoms with van der Waals surface area (Å²) in [7, 11) is 0. The first-order valence-electron chi connectivity index (χ1n) is 33.9. The van der Waals surface area contributed by atoms with Gasteiger partial charge in [0, 0.05) is 19.3 Å². The maximum atomic E-state index is 12.9. The first-order chi connectivity index (χ1) is 39.5. The molecule has 0 saturated carbocycles. The van der Waals surface area contributed by atoms with Crippen LogP contribution in [-0.4, -0.2) is 37.2 Å². The fourth-order valence-corrected chi connectivity index (χ4v) is 9.41. The van der Waals surface area contributed by atoms with Crippen LogP contribution >= 0.6 is 0 Å². The average Bonchev–Trinajstić information content (AvgIpc) is 3.46. The van der Waals surface area contributed by atoms with Crippen LogP contribution in [0.4, 0.5) is 0 Å². The maximum Gasteiger partial charge on any atom is 0.306 e. The van der Waals surface area contributed by atoms with Crippen molar-refractivity contribution < 1.29 is 28.6 Å². The molecular formula is C74H126O6. The van der Waals surface area contributed by atoms with E-state index in [1.807, 2.05) is 0 Å². The van der Waals surface area contributed by atoms with Gasteiger partial charge >= 0.3 is 17.9 Å². The SMILES string of the molecule is CC/C=C\C/C=C\C/C=C\C/C=C\C/C=C\CCCCCCCCCCCCCCCC(=O)OCC(COC(=O)CCCCCCC/C=C\CCCCCCC)OC(=O)CCCCCCCC/C=C\C/C=C\C/C=C\CCCCC. The first kappa shape index (κ1) is 76.1. The summed E-state index contributed by atoms with van der Waals surface area (Å²) in [6.45, 7) is 6.50. The smallest absolute Gasteiger partial charge is 0.306 e. The zero-order valence-corrected chi connectivity index (χ0v) is 52.6. The van der Waals surface area contributed by atoms with E-state index in [4.69, 9.17) is 14.2 Å². The molecule has 0 aliphatic rings. The van der Waals surface area contributed by atoms with Crippen LogP contribution in [0.3, 0.4) is 0 Å². The summed E-state index contributed by atoms with van der Waals surface area (Å²) in [5.41, 5.74) is 0. The van der Waals surface area contributed by atoms with E-state index in [0.717, 1.165) is 122 Å². The molecule has 80 heavy (non-hydrogen) atoms. The highest BCUT2D eigenvalue weighted by molar-refractivity contribution is 5.71. The highest BCUT2D eigenvalue weighted by atomic mass is 16.6. The van der Waals surface area contributed by atoms with E-state index in [0.29, 0.717) is 19.3 Å². The summed E-state index contributed by atoms with van der Waals surface area (Å²) >= 11 is 0. The van der Waals surface area contributed by atoms with Crippen LogP contribution in [-0.2, 0) is 28.6 Å². The van der Waals surface area contributed by atoms with Gasteiger partial charge in [-0.25, -0.2) is 0 Å². The third-order valence-electron chi connectivity index (χ3n) is 14.5. The summed E-state index contributed by atoms with van der Waals surface area (Å²) in [5, 5.41) is 0. The second-order valence-corrected chi connectivity index (χ2v) is 22.3. The normalized spacial score (nSPS) is 12.8. The number of carbonyl (C=O) groups is 3. The Labute approximate surface area is 495 Å². The molecule has 458 valence electrons. The van der Waals surface area contributed by atoms with Crippen molar-refractivity contribution in [3.05, 3.63) is 109 Å². The average molecular weight is 1110 g/mol. The van der Waals surface area contributed by atoms with Crippen molar-refractivity contribution in [2.24, 2.45) is 0 Å². The number of esters is 3. The van der Waals surface area contributed by atoms with E-state index < -0.39 is 6.10 Å². The Morgan fingerprint density at radius 2 is 0.487 bits per heavy atom. The van der Waals surface area contributed by atoms with Gasteiger partial charge in [-0.15, -0.1) is 0 Å². The minimum absolute atomic E-state index is 0.0858. The summed E-state index contributed by atoms with van der Waals surface area (Å²) in [6, 6.07) is 0. The maximum absolute atomic E-state index is 12.9. The van der Waals surface area contributed by atoms with Crippen molar-refractivity contribution in [2.45, 2.75) is 329 Å². The van der Waals surface area contributed by atoms with Gasteiger partial charge in [0.1, 0.15) is 13.2 Å². The van der Waals surface area contributed by atoms with Crippen molar-refractivity contribution in [2.75, 3.05) is 13.2 Å². The number of ether oxygens (including phenoxy) is 3. The molecule has 1 atom stereocenters. The molecule has 0 N–H and O–H groups in total. The molecular weight excluding hydrogens is 985 g/mol. The van der Waals surface area contributed by atoms with Crippen molar-refractivity contribution in [1.82, 2.24) is 0 Å². The number of rotatable bonds is 61. The Morgan fingerprint density at radius 3 is 0.800 bits per heavy atom. The number of hydrogen-bond acceptors (Lipinski definition) is 6. The van der Waals surface area contributed by atoms with Crippen molar-refractivity contribution in [3.8, 4) is 0 Å². The Hall–Kier alpha value is -3.93. The van der Waals surface area contributed by atoms with Gasteiger partial charge in [-0.3, -0.25) is 14.4 Å². The van der Waals surface area contributed by atoms with Crippen LogP contribution < -0.4 is 0 Å². The Morgan fingerprint density at radius 1 is 0.263 bits per heavy atom. The Bertz CT molecular complexity index is 1610. The molecule has 0 aromatic rings. The molecule has 0 radical (unpaired) electrons. The standard InChI is InChI=1S/C74H126O6/c1-4-7-10-13-16-19-22-25-28-30-32-33-34-35-36-37-38-39-40-41-43-44-46-49-52-55-58-61-64-67-73(76)79-70-71(69-78-72(75)66-63-60-57-54-51-48-27-24-21-18-15-12-9-6-3)80-74(77)68-65-62-59-56-53-50-47-45-42-31-29-26-23-20-17-14-11-8-5-2/h7,10,16-17,19-20,24-29,32-33,35-36,42,45,71H,4-6,8-9,11-15,18,21-23,30-31,34,37-41,43-44,46-70H2,1-3H3/b10-7-,19-16-,20-17-,27-24-,28-25-,29-26-,33-32-,36-35-,45-42-. The van der Waals surface area contributed by atoms with Crippen molar-refractivity contribution >= 4 is 17.9 Å². The number of allylic oxidation sites excluding steroid dienone is 18. The van der Waals surface area contributed by atoms with Gasteiger partial charge in [0.25, 0.3) is 0 Å². The molecule has 0 aliphatic carbocycles. The molecule has 0 rings (SSSR count). The second kappa shape index (κ2) is 67.6. The van der Waals surface area contributed by atoms with Crippen LogP contribution in [0.25, 0.3) is 0 Å². The van der Waals surface area contributed by atoms with E-state index >= 15 is 0 Å². The fourth-order valence-electron chi connectivity index (χ4n) is 9.41. The van der Waals surface area contributed by atoms with Crippen molar-refractivity contribution in [3.63, 3.8) is 0 Å². The van der Waals surface area contributed by atoms with Crippen LogP contribution in [0, 0.1) is 0 Å². The molecule has 0 bridgehead atoms. The lowest BCUT2D eigenvalue weighted by Crippen LogP contribution is -2.30. The number of carbonyl (C=O) groups excluding carboxylic acids is 3. The first-order valence-corrected chi connectivity index (χ1v) is 33.9. The molecule has 6 heteroatoms. The van der Waals surface area contributed by atoms with Gasteiger partial charge in [-0.1, -0.05) is 284 Å². The molecule has 1 unspecified atom stereocenters. The van der Waals surface area contributed by atoms with Crippen LogP contribution in [0.15, 0.2) is 109 Å². The molecule has 6 nitrogen and oxygen atoms in total. The van der Waals surface area contributed by atoms with Gasteiger partial charge in [-0.2, -0.15) is 0 Å². The van der Waals surface area contributed by atoms with Gasteiger partial charge in [-0.05, 0) is 128 Å². The molecule has 0 aliphatic heterocycles. The van der Waals surface area contributed by atoms with Crippen LogP contribution in [0.1, 0.15) is 323 Å². The minimum Gasteiger partial charge on any atom is -0.462 e. The summed E-state index contributed by atoms with van der Waals surface area (Å²) < 4.78 is 16.9. The summed E-state index contributed by atoms with van der Waals surface area (Å²) in [6.07, 6.45) is 92.4. The van der Waals surface area contributed by atoms with E-state index in [1.54, 1.807) is 0 Å². The Balaban J connectivity index is 4.31. The lowest BCUT2D eigenvalue weighted by atomic mass is 10.0. The van der Waals surface area contributed by atoms with E-state index in [9.17, 15) is 14.4 Å². The number of unbranched alkanes of at least 4 members (excludes halogenated alkanes) is 32. The zero-order chi connectivity index (χ0) is 57.8. The lowest BCUT2D eigenvalue weighted by molar-refractivity contribution is -0.167. The van der Waals surface area contributed by atoms with Crippen molar-refractivity contribution in [1.29, 1.82) is 0 Å². The molecule has 0 spiro atoms. The van der Waals surface area contributed by atoms with E-state index in [-0.39, 0.29) is 31.1 Å². The minimum atomic E-state index is -0.791. The molecule has 0 fully saturated rings. The largest absolute Gasteiger partial charge is 0.462 e. The molecule has 0 heterocycles. The Kier molecular flexibility index (Phi) is 64.3. The lowest BCUT2D eigenvalue weighted by Gasteiger charge is -2.18. The predicted octanol–water partition coefficient (Wildman–Crippen LogP) is 23.4. The topological polar surface area (TPSA) is 78.9 Å². The van der Waals surface area contributed by atoms with Crippen LogP contribution in [0.5, 0.6) is 0 Å². The quantitative estimate of drug-likeness (QED) is 0.0261. The van der Waals surface area contributed by atoms with Crippen LogP contribution in [0.2, 0.25) is 0 Å². The predicted molar refractivity (Wildman–Crippen MR) is 348 cm³/mol. The zero-order valence-electron chi connectivity index (χ0n) is 52.6. The summed E-state index contributed by atoms with van der Waals surface area (Å²) in [4.78, 5) is 38.4. The molecule has 0 saturated heterocycles. The van der Waals surface area contributed by atoms with Gasteiger partial charge in [0.15, 0.2) is 6.10 Å². The van der Waals surface area contributed by atoms with Gasteiger partial charge < -0.3 is 14.2 Å². The fraction of sp³-hybridized carbons (Fsp3) is 0.716. The highest BCUT2D eigenvalue weighted by Gasteiger charge is 2.19. The van der Waals surface area contributed by atoms with E-state index in [2.05, 4.69) is 130 Å².